The number of aliphatic hydroxyl groups is 1. The normalized spacial score (nSPS) is 18.7. The Labute approximate surface area is 186 Å². The van der Waals surface area contributed by atoms with Crippen molar-refractivity contribution in [1.29, 1.82) is 0 Å². The third-order valence-corrected chi connectivity index (χ3v) is 6.25. The molecule has 0 radical (unpaired) electrons. The van der Waals surface area contributed by atoms with Gasteiger partial charge in [0.1, 0.15) is 18.2 Å². The summed E-state index contributed by atoms with van der Waals surface area (Å²) >= 11 is 6.03. The summed E-state index contributed by atoms with van der Waals surface area (Å²) in [5.41, 5.74) is -0.00991. The van der Waals surface area contributed by atoms with Crippen LogP contribution in [0.25, 0.3) is 0 Å². The van der Waals surface area contributed by atoms with E-state index in [-0.39, 0.29) is 18.0 Å². The standard InChI is InChI=1S/C23H21ClN2O4S/c1-31(28,29)21-13-7-17(8-14-21)22-25-23(27,16-30-20-5-3-2-4-6-20)15-26(22)19-11-9-18(24)10-12-19/h2-14,27H,15-16H2,1H3. The number of rotatable bonds is 6. The molecular weight excluding hydrogens is 436 g/mol. The van der Waals surface area contributed by atoms with Crippen LogP contribution in [-0.2, 0) is 9.84 Å². The maximum atomic E-state index is 11.8. The second-order valence-electron chi connectivity index (χ2n) is 7.38. The number of ether oxygens (including phenoxy) is 1. The molecule has 160 valence electrons. The molecule has 0 aliphatic carbocycles. The van der Waals surface area contributed by atoms with Gasteiger partial charge in [-0.3, -0.25) is 0 Å². The average Bonchev–Trinajstić information content (AvgIpc) is 3.11. The van der Waals surface area contributed by atoms with Gasteiger partial charge < -0.3 is 14.7 Å². The minimum Gasteiger partial charge on any atom is -0.488 e. The van der Waals surface area contributed by atoms with Crippen molar-refractivity contribution in [1.82, 2.24) is 0 Å². The van der Waals surface area contributed by atoms with Crippen LogP contribution in [0.1, 0.15) is 5.56 Å². The fourth-order valence-corrected chi connectivity index (χ4v) is 4.08. The molecule has 0 saturated carbocycles. The molecular formula is C23H21ClN2O4S. The number of aliphatic imine (C=N–C) groups is 1. The lowest BCUT2D eigenvalue weighted by Crippen LogP contribution is -2.40. The molecule has 3 aromatic rings. The van der Waals surface area contributed by atoms with Crippen LogP contribution in [0.3, 0.4) is 0 Å². The van der Waals surface area contributed by atoms with Crippen molar-refractivity contribution in [3.05, 3.63) is 89.4 Å². The highest BCUT2D eigenvalue weighted by atomic mass is 35.5. The van der Waals surface area contributed by atoms with E-state index in [9.17, 15) is 13.5 Å². The van der Waals surface area contributed by atoms with Crippen LogP contribution >= 0.6 is 11.6 Å². The molecule has 0 aromatic heterocycles. The number of hydrogen-bond donors (Lipinski definition) is 1. The van der Waals surface area contributed by atoms with E-state index in [1.807, 2.05) is 47.4 Å². The molecule has 1 atom stereocenters. The van der Waals surface area contributed by atoms with E-state index in [1.54, 1.807) is 24.3 Å². The number of halogens is 1. The van der Waals surface area contributed by atoms with Crippen LogP contribution < -0.4 is 9.64 Å². The first kappa shape index (κ1) is 21.4. The first-order chi connectivity index (χ1) is 14.7. The van der Waals surface area contributed by atoms with Crippen molar-refractivity contribution in [2.24, 2.45) is 4.99 Å². The molecule has 0 spiro atoms. The minimum absolute atomic E-state index is 0.0357. The van der Waals surface area contributed by atoms with Gasteiger partial charge in [0, 0.05) is 22.5 Å². The van der Waals surface area contributed by atoms with E-state index < -0.39 is 15.6 Å². The van der Waals surface area contributed by atoms with E-state index >= 15 is 0 Å². The summed E-state index contributed by atoms with van der Waals surface area (Å²) in [5.74, 6) is 1.15. The Balaban J connectivity index is 1.67. The predicted molar refractivity (Wildman–Crippen MR) is 122 cm³/mol. The quantitative estimate of drug-likeness (QED) is 0.610. The van der Waals surface area contributed by atoms with Crippen molar-refractivity contribution >= 4 is 33.0 Å². The molecule has 1 N–H and O–H groups in total. The fourth-order valence-electron chi connectivity index (χ4n) is 3.32. The summed E-state index contributed by atoms with van der Waals surface area (Å²) in [4.78, 5) is 6.65. The van der Waals surface area contributed by atoms with Crippen molar-refractivity contribution in [2.45, 2.75) is 10.6 Å². The minimum atomic E-state index is -3.31. The van der Waals surface area contributed by atoms with Gasteiger partial charge in [0.2, 0.25) is 5.72 Å². The maximum Gasteiger partial charge on any atom is 0.210 e. The second-order valence-corrected chi connectivity index (χ2v) is 9.83. The Morgan fingerprint density at radius 2 is 1.68 bits per heavy atom. The third kappa shape index (κ3) is 4.90. The number of anilines is 1. The Morgan fingerprint density at radius 1 is 1.03 bits per heavy atom. The Kier molecular flexibility index (Phi) is 5.75. The molecule has 0 fully saturated rings. The fraction of sp³-hybridized carbons (Fsp3) is 0.174. The first-order valence-corrected chi connectivity index (χ1v) is 11.8. The van der Waals surface area contributed by atoms with Crippen LogP contribution in [0.5, 0.6) is 5.75 Å². The highest BCUT2D eigenvalue weighted by Crippen LogP contribution is 2.30. The molecule has 0 saturated heterocycles. The highest BCUT2D eigenvalue weighted by molar-refractivity contribution is 7.90. The number of β-amino-alcohol motifs (C(OH)–C–C–N with tert-alkyl or cyclic N) is 1. The summed E-state index contributed by atoms with van der Waals surface area (Å²) in [6.45, 7) is 0.136. The zero-order valence-corrected chi connectivity index (χ0v) is 18.3. The van der Waals surface area contributed by atoms with E-state index in [2.05, 4.69) is 4.99 Å². The molecule has 1 aliphatic rings. The van der Waals surface area contributed by atoms with Gasteiger partial charge in [-0.1, -0.05) is 29.8 Å². The monoisotopic (exact) mass is 456 g/mol. The summed E-state index contributed by atoms with van der Waals surface area (Å²) < 4.78 is 29.4. The number of para-hydroxylation sites is 1. The van der Waals surface area contributed by atoms with Crippen molar-refractivity contribution in [3.63, 3.8) is 0 Å². The van der Waals surface area contributed by atoms with Gasteiger partial charge in [0.15, 0.2) is 9.84 Å². The van der Waals surface area contributed by atoms with E-state index in [0.717, 1.165) is 11.9 Å². The van der Waals surface area contributed by atoms with Crippen LogP contribution in [0.15, 0.2) is 88.8 Å². The number of benzene rings is 3. The first-order valence-electron chi connectivity index (χ1n) is 9.57. The highest BCUT2D eigenvalue weighted by Gasteiger charge is 2.39. The zero-order valence-electron chi connectivity index (χ0n) is 16.8. The molecule has 3 aromatic carbocycles. The molecule has 0 amide bonds. The molecule has 8 heteroatoms. The SMILES string of the molecule is CS(=O)(=O)c1ccc(C2=NC(O)(COc3ccccc3)CN2c2ccc(Cl)cc2)cc1. The van der Waals surface area contributed by atoms with Crippen LogP contribution in [-0.4, -0.2) is 44.5 Å². The lowest BCUT2D eigenvalue weighted by Gasteiger charge is -2.24. The molecule has 6 nitrogen and oxygen atoms in total. The summed E-state index contributed by atoms with van der Waals surface area (Å²) in [5, 5.41) is 11.8. The molecule has 4 rings (SSSR count). The molecule has 31 heavy (non-hydrogen) atoms. The molecule has 1 unspecified atom stereocenters. The Hall–Kier alpha value is -2.87. The van der Waals surface area contributed by atoms with Crippen molar-refractivity contribution in [2.75, 3.05) is 24.3 Å². The smallest absolute Gasteiger partial charge is 0.210 e. The van der Waals surface area contributed by atoms with Crippen molar-refractivity contribution < 1.29 is 18.3 Å². The Morgan fingerprint density at radius 3 is 2.29 bits per heavy atom. The lowest BCUT2D eigenvalue weighted by molar-refractivity contribution is 0.0178. The zero-order chi connectivity index (χ0) is 22.1. The van der Waals surface area contributed by atoms with Gasteiger partial charge in [-0.2, -0.15) is 0 Å². The van der Waals surface area contributed by atoms with Gasteiger partial charge in [0.05, 0.1) is 11.4 Å². The summed E-state index contributed by atoms with van der Waals surface area (Å²) in [6, 6.07) is 22.8. The van der Waals surface area contributed by atoms with Crippen LogP contribution in [0, 0.1) is 0 Å². The average molecular weight is 457 g/mol. The molecule has 0 bridgehead atoms. The van der Waals surface area contributed by atoms with Gasteiger partial charge >= 0.3 is 0 Å². The van der Waals surface area contributed by atoms with Crippen molar-refractivity contribution in [3.8, 4) is 5.75 Å². The number of hydrogen-bond acceptors (Lipinski definition) is 6. The predicted octanol–water partition coefficient (Wildman–Crippen LogP) is 3.78. The summed E-state index contributed by atoms with van der Waals surface area (Å²) in [6.07, 6.45) is 1.16. The molecule has 1 heterocycles. The van der Waals surface area contributed by atoms with E-state index in [4.69, 9.17) is 16.3 Å². The Bertz CT molecular complexity index is 1200. The van der Waals surface area contributed by atoms with Crippen LogP contribution in [0.4, 0.5) is 5.69 Å². The van der Waals surface area contributed by atoms with E-state index in [1.165, 1.54) is 12.1 Å². The number of amidine groups is 1. The number of nitrogens with zero attached hydrogens (tertiary/aromatic N) is 2. The number of sulfone groups is 1. The lowest BCUT2D eigenvalue weighted by atomic mass is 10.1. The van der Waals surface area contributed by atoms with Crippen LogP contribution in [0.2, 0.25) is 5.02 Å². The largest absolute Gasteiger partial charge is 0.488 e. The summed E-state index contributed by atoms with van der Waals surface area (Å²) in [7, 11) is -3.31. The second kappa shape index (κ2) is 8.34. The van der Waals surface area contributed by atoms with E-state index in [0.29, 0.717) is 22.2 Å². The molecule has 1 aliphatic heterocycles. The maximum absolute atomic E-state index is 11.8. The topological polar surface area (TPSA) is 79.2 Å². The van der Waals surface area contributed by atoms with Gasteiger partial charge in [-0.15, -0.1) is 0 Å². The van der Waals surface area contributed by atoms with Gasteiger partial charge in [0.25, 0.3) is 0 Å². The third-order valence-electron chi connectivity index (χ3n) is 4.87. The van der Waals surface area contributed by atoms with Gasteiger partial charge in [-0.25, -0.2) is 13.4 Å². The van der Waals surface area contributed by atoms with Gasteiger partial charge in [-0.05, 0) is 60.7 Å².